The smallest absolute Gasteiger partial charge is 0.260 e. The fraction of sp³-hybridized carbons (Fsp3) is 0.750. The molecule has 1 atom stereocenters. The van der Waals surface area contributed by atoms with E-state index in [-0.39, 0.29) is 0 Å². The third kappa shape index (κ3) is 3.02. The first-order chi connectivity index (χ1) is 4.22. The Morgan fingerprint density at radius 2 is 2.33 bits per heavy atom. The molecule has 5 heteroatoms. The Kier molecular flexibility index (Phi) is 3.94. The molecule has 0 aromatic heterocycles. The minimum Gasteiger partial charge on any atom is -0.330 e. The first kappa shape index (κ1) is 8.35. The van der Waals surface area contributed by atoms with E-state index in [0.717, 1.165) is 0 Å². The van der Waals surface area contributed by atoms with E-state index in [0.29, 0.717) is 13.0 Å². The van der Waals surface area contributed by atoms with Crippen molar-refractivity contribution < 1.29 is 10.0 Å². The Bertz CT molecular complexity index is 95.8. The minimum absolute atomic E-state index is 0.342. The molecule has 0 saturated carbocycles. The van der Waals surface area contributed by atoms with Gasteiger partial charge < -0.3 is 11.5 Å². The van der Waals surface area contributed by atoms with Crippen LogP contribution in [0.3, 0.4) is 0 Å². The van der Waals surface area contributed by atoms with E-state index in [9.17, 15) is 4.79 Å². The molecule has 6 N–H and O–H groups in total. The third-order valence-electron chi connectivity index (χ3n) is 0.925. The van der Waals surface area contributed by atoms with Crippen LogP contribution in [-0.2, 0) is 4.79 Å². The van der Waals surface area contributed by atoms with Crippen LogP contribution in [0.25, 0.3) is 0 Å². The number of nitrogens with one attached hydrogen (secondary N) is 1. The highest BCUT2D eigenvalue weighted by atomic mass is 16.5. The summed E-state index contributed by atoms with van der Waals surface area (Å²) in [6.07, 6.45) is 0.381. The number of rotatable bonds is 3. The van der Waals surface area contributed by atoms with E-state index < -0.39 is 11.9 Å². The summed E-state index contributed by atoms with van der Waals surface area (Å²) in [5.41, 5.74) is 11.7. The molecule has 1 unspecified atom stereocenters. The quantitative estimate of drug-likeness (QED) is 0.268. The second-order valence-electron chi connectivity index (χ2n) is 1.66. The lowest BCUT2D eigenvalue weighted by molar-refractivity contribution is -0.130. The van der Waals surface area contributed by atoms with Crippen LogP contribution >= 0.6 is 0 Å². The number of hydroxylamine groups is 1. The van der Waals surface area contributed by atoms with Crippen molar-refractivity contribution in [1.29, 1.82) is 0 Å². The van der Waals surface area contributed by atoms with Gasteiger partial charge in [0, 0.05) is 0 Å². The molecule has 0 bridgehead atoms. The summed E-state index contributed by atoms with van der Waals surface area (Å²) >= 11 is 0. The number of carbonyl (C=O) groups is 1. The standard InChI is InChI=1S/C4H11N3O2/c5-2-1-3(6)4(8)7-9/h3,9H,1-2,5-6H2,(H,7,8). The minimum atomic E-state index is -0.694. The maximum Gasteiger partial charge on any atom is 0.260 e. The number of carbonyl (C=O) groups excluding carboxylic acids is 1. The fourth-order valence-electron chi connectivity index (χ4n) is 0.394. The van der Waals surface area contributed by atoms with Crippen molar-refractivity contribution >= 4 is 5.91 Å². The Hall–Kier alpha value is -0.650. The van der Waals surface area contributed by atoms with Crippen molar-refractivity contribution in [3.8, 4) is 0 Å². The van der Waals surface area contributed by atoms with Crippen molar-refractivity contribution in [3.63, 3.8) is 0 Å². The fourth-order valence-corrected chi connectivity index (χ4v) is 0.394. The van der Waals surface area contributed by atoms with Crippen molar-refractivity contribution in [2.24, 2.45) is 11.5 Å². The van der Waals surface area contributed by atoms with Gasteiger partial charge in [0.15, 0.2) is 0 Å². The van der Waals surface area contributed by atoms with Gasteiger partial charge in [-0.05, 0) is 13.0 Å². The molecule has 54 valence electrons. The van der Waals surface area contributed by atoms with E-state index in [1.165, 1.54) is 5.48 Å². The summed E-state index contributed by atoms with van der Waals surface area (Å²) in [4.78, 5) is 10.4. The predicted molar refractivity (Wildman–Crippen MR) is 31.6 cm³/mol. The molecule has 0 radical (unpaired) electrons. The van der Waals surface area contributed by atoms with Gasteiger partial charge in [-0.1, -0.05) is 0 Å². The van der Waals surface area contributed by atoms with Crippen LogP contribution in [0.2, 0.25) is 0 Å². The van der Waals surface area contributed by atoms with Gasteiger partial charge >= 0.3 is 0 Å². The highest BCUT2D eigenvalue weighted by molar-refractivity contribution is 5.80. The van der Waals surface area contributed by atoms with Crippen LogP contribution in [0.15, 0.2) is 0 Å². The first-order valence-electron chi connectivity index (χ1n) is 2.62. The molecule has 0 aliphatic carbocycles. The van der Waals surface area contributed by atoms with E-state index in [2.05, 4.69) is 0 Å². The molecule has 0 aromatic rings. The van der Waals surface area contributed by atoms with E-state index in [1.54, 1.807) is 0 Å². The lowest BCUT2D eigenvalue weighted by Gasteiger charge is -2.05. The summed E-state index contributed by atoms with van der Waals surface area (Å²) in [6, 6.07) is -0.694. The molecule has 0 rings (SSSR count). The van der Waals surface area contributed by atoms with Crippen molar-refractivity contribution in [3.05, 3.63) is 0 Å². The van der Waals surface area contributed by atoms with Crippen molar-refractivity contribution in [1.82, 2.24) is 5.48 Å². The van der Waals surface area contributed by atoms with Crippen LogP contribution in [0, 0.1) is 0 Å². The Labute approximate surface area is 53.0 Å². The predicted octanol–water partition coefficient (Wildman–Crippen LogP) is -1.83. The van der Waals surface area contributed by atoms with Crippen molar-refractivity contribution in [2.75, 3.05) is 6.54 Å². The number of hydrogen-bond acceptors (Lipinski definition) is 4. The van der Waals surface area contributed by atoms with Gasteiger partial charge in [0.25, 0.3) is 5.91 Å². The van der Waals surface area contributed by atoms with E-state index >= 15 is 0 Å². The Morgan fingerprint density at radius 3 is 2.67 bits per heavy atom. The van der Waals surface area contributed by atoms with E-state index in [1.807, 2.05) is 0 Å². The number of amides is 1. The Balaban J connectivity index is 3.45. The highest BCUT2D eigenvalue weighted by Crippen LogP contribution is 1.82. The highest BCUT2D eigenvalue weighted by Gasteiger charge is 2.09. The Morgan fingerprint density at radius 1 is 1.78 bits per heavy atom. The van der Waals surface area contributed by atoms with Crippen LogP contribution in [0.5, 0.6) is 0 Å². The van der Waals surface area contributed by atoms with Gasteiger partial charge in [0.2, 0.25) is 0 Å². The van der Waals surface area contributed by atoms with Crippen LogP contribution < -0.4 is 16.9 Å². The topological polar surface area (TPSA) is 101 Å². The van der Waals surface area contributed by atoms with Crippen LogP contribution in [0.1, 0.15) is 6.42 Å². The zero-order valence-electron chi connectivity index (χ0n) is 5.00. The van der Waals surface area contributed by atoms with Gasteiger partial charge in [0.1, 0.15) is 0 Å². The summed E-state index contributed by atoms with van der Waals surface area (Å²) in [7, 11) is 0. The summed E-state index contributed by atoms with van der Waals surface area (Å²) in [6.45, 7) is 0.342. The lowest BCUT2D eigenvalue weighted by Crippen LogP contribution is -2.40. The zero-order valence-corrected chi connectivity index (χ0v) is 5.00. The molecule has 0 saturated heterocycles. The molecular weight excluding hydrogens is 122 g/mol. The third-order valence-corrected chi connectivity index (χ3v) is 0.925. The largest absolute Gasteiger partial charge is 0.330 e. The van der Waals surface area contributed by atoms with Gasteiger partial charge in [-0.15, -0.1) is 0 Å². The summed E-state index contributed by atoms with van der Waals surface area (Å²) in [5, 5.41) is 8.01. The lowest BCUT2D eigenvalue weighted by atomic mass is 10.2. The average molecular weight is 133 g/mol. The van der Waals surface area contributed by atoms with Gasteiger partial charge in [-0.2, -0.15) is 0 Å². The normalized spacial score (nSPS) is 12.8. The molecule has 0 aromatic carbocycles. The molecule has 5 nitrogen and oxygen atoms in total. The number of nitrogens with two attached hydrogens (primary N) is 2. The SMILES string of the molecule is NCCC(N)C(=O)NO. The second-order valence-corrected chi connectivity index (χ2v) is 1.66. The molecule has 1 amide bonds. The monoisotopic (exact) mass is 133 g/mol. The molecule has 0 aliphatic rings. The first-order valence-corrected chi connectivity index (χ1v) is 2.62. The van der Waals surface area contributed by atoms with Gasteiger partial charge in [0.05, 0.1) is 6.04 Å². The van der Waals surface area contributed by atoms with Crippen LogP contribution in [-0.4, -0.2) is 23.7 Å². The van der Waals surface area contributed by atoms with Crippen molar-refractivity contribution in [2.45, 2.75) is 12.5 Å². The molecule has 0 fully saturated rings. The molecular formula is C4H11N3O2. The summed E-state index contributed by atoms with van der Waals surface area (Å²) in [5.74, 6) is -0.597. The average Bonchev–Trinajstić information content (AvgIpc) is 1.87. The second kappa shape index (κ2) is 4.25. The molecule has 0 aliphatic heterocycles. The summed E-state index contributed by atoms with van der Waals surface area (Å²) < 4.78 is 0. The maximum atomic E-state index is 10.4. The van der Waals surface area contributed by atoms with Gasteiger partial charge in [-0.25, -0.2) is 5.48 Å². The van der Waals surface area contributed by atoms with Gasteiger partial charge in [-0.3, -0.25) is 10.0 Å². The molecule has 0 spiro atoms. The number of hydrogen-bond donors (Lipinski definition) is 4. The van der Waals surface area contributed by atoms with E-state index in [4.69, 9.17) is 16.7 Å². The van der Waals surface area contributed by atoms with Crippen LogP contribution in [0.4, 0.5) is 0 Å². The zero-order chi connectivity index (χ0) is 7.28. The maximum absolute atomic E-state index is 10.4. The molecule has 9 heavy (non-hydrogen) atoms. The molecule has 0 heterocycles.